The molecule has 1 aromatic rings. The summed E-state index contributed by atoms with van der Waals surface area (Å²) in [6, 6.07) is 2.04. The molecule has 1 heterocycles. The number of nitrogens with zero attached hydrogens (tertiary/aromatic N) is 2. The van der Waals surface area contributed by atoms with Gasteiger partial charge in [-0.2, -0.15) is 0 Å². The van der Waals surface area contributed by atoms with Crippen LogP contribution in [0.2, 0.25) is 0 Å². The van der Waals surface area contributed by atoms with Crippen LogP contribution in [0.3, 0.4) is 0 Å². The summed E-state index contributed by atoms with van der Waals surface area (Å²) in [7, 11) is 4.13. The summed E-state index contributed by atoms with van der Waals surface area (Å²) in [5.41, 5.74) is 1.95. The number of pyridine rings is 1. The number of rotatable bonds is 3. The molecule has 0 aromatic carbocycles. The van der Waals surface area contributed by atoms with E-state index in [0.717, 1.165) is 24.0 Å². The van der Waals surface area contributed by atoms with E-state index < -0.39 is 6.10 Å². The largest absolute Gasteiger partial charge is 0.386 e. The van der Waals surface area contributed by atoms with Crippen molar-refractivity contribution in [2.75, 3.05) is 14.1 Å². The Hall–Kier alpha value is -0.930. The fraction of sp³-hybridized carbons (Fsp3) is 0.643. The van der Waals surface area contributed by atoms with Gasteiger partial charge in [-0.1, -0.05) is 18.9 Å². The third-order valence-electron chi connectivity index (χ3n) is 4.08. The van der Waals surface area contributed by atoms with E-state index in [2.05, 4.69) is 24.0 Å². The maximum absolute atomic E-state index is 10.7. The first-order valence-corrected chi connectivity index (χ1v) is 6.33. The average Bonchev–Trinajstić information content (AvgIpc) is 2.78. The lowest BCUT2D eigenvalue weighted by Gasteiger charge is -2.40. The summed E-state index contributed by atoms with van der Waals surface area (Å²) in [5.74, 6) is 0. The summed E-state index contributed by atoms with van der Waals surface area (Å²) < 4.78 is 0. The van der Waals surface area contributed by atoms with Gasteiger partial charge in [-0.15, -0.1) is 0 Å². The Kier molecular flexibility index (Phi) is 3.50. The summed E-state index contributed by atoms with van der Waals surface area (Å²) in [5, 5.41) is 10.7. The first kappa shape index (κ1) is 12.5. The minimum Gasteiger partial charge on any atom is -0.386 e. The Morgan fingerprint density at radius 1 is 1.29 bits per heavy atom. The van der Waals surface area contributed by atoms with Crippen molar-refractivity contribution >= 4 is 0 Å². The lowest BCUT2D eigenvalue weighted by molar-refractivity contribution is -0.00496. The van der Waals surface area contributed by atoms with Crippen molar-refractivity contribution in [3.8, 4) is 0 Å². The number of hydrogen-bond donors (Lipinski definition) is 1. The van der Waals surface area contributed by atoms with Crippen LogP contribution in [0.4, 0.5) is 0 Å². The molecular formula is C14H22N2O. The highest BCUT2D eigenvalue weighted by Crippen LogP contribution is 2.43. The standard InChI is InChI=1S/C14H22N2O/c1-11-8-12(10-15-9-11)13(17)14(16(2)3)6-4-5-7-14/h8-10,13,17H,4-7H2,1-3H3. The Labute approximate surface area is 103 Å². The molecule has 1 atom stereocenters. The number of hydrogen-bond acceptors (Lipinski definition) is 3. The highest BCUT2D eigenvalue weighted by molar-refractivity contribution is 5.23. The Balaban J connectivity index is 2.31. The predicted molar refractivity (Wildman–Crippen MR) is 68.8 cm³/mol. The molecule has 0 aliphatic heterocycles. The van der Waals surface area contributed by atoms with Crippen molar-refractivity contribution in [2.24, 2.45) is 0 Å². The third kappa shape index (κ3) is 2.22. The molecule has 1 saturated carbocycles. The van der Waals surface area contributed by atoms with Crippen LogP contribution in [0.15, 0.2) is 18.5 Å². The average molecular weight is 234 g/mol. The predicted octanol–water partition coefficient (Wildman–Crippen LogP) is 2.30. The van der Waals surface area contributed by atoms with Gasteiger partial charge in [-0.05, 0) is 39.4 Å². The van der Waals surface area contributed by atoms with Gasteiger partial charge in [0.05, 0.1) is 11.6 Å². The van der Waals surface area contributed by atoms with Crippen LogP contribution >= 0.6 is 0 Å². The van der Waals surface area contributed by atoms with Crippen LogP contribution in [0, 0.1) is 6.92 Å². The zero-order valence-corrected chi connectivity index (χ0v) is 11.0. The van der Waals surface area contributed by atoms with Gasteiger partial charge in [-0.25, -0.2) is 0 Å². The Bertz CT molecular complexity index is 384. The first-order valence-electron chi connectivity index (χ1n) is 6.33. The molecular weight excluding hydrogens is 212 g/mol. The second-order valence-electron chi connectivity index (χ2n) is 5.40. The van der Waals surface area contributed by atoms with Crippen LogP contribution in [0.25, 0.3) is 0 Å². The summed E-state index contributed by atoms with van der Waals surface area (Å²) in [6.45, 7) is 2.01. The SMILES string of the molecule is Cc1cncc(C(O)C2(N(C)C)CCCC2)c1. The van der Waals surface area contributed by atoms with Crippen LogP contribution in [-0.2, 0) is 0 Å². The number of aryl methyl sites for hydroxylation is 1. The molecule has 1 aliphatic rings. The Morgan fingerprint density at radius 2 is 1.94 bits per heavy atom. The highest BCUT2D eigenvalue weighted by atomic mass is 16.3. The molecule has 0 spiro atoms. The fourth-order valence-corrected chi connectivity index (χ4v) is 2.99. The minimum atomic E-state index is -0.438. The summed E-state index contributed by atoms with van der Waals surface area (Å²) in [4.78, 5) is 6.38. The van der Waals surface area contributed by atoms with E-state index in [1.54, 1.807) is 6.20 Å². The van der Waals surface area contributed by atoms with Crippen LogP contribution < -0.4 is 0 Å². The fourth-order valence-electron chi connectivity index (χ4n) is 2.99. The molecule has 0 bridgehead atoms. The lowest BCUT2D eigenvalue weighted by atomic mass is 9.85. The van der Waals surface area contributed by atoms with Gasteiger partial charge >= 0.3 is 0 Å². The molecule has 0 amide bonds. The molecule has 17 heavy (non-hydrogen) atoms. The number of aliphatic hydroxyl groups excluding tert-OH is 1. The van der Waals surface area contributed by atoms with E-state index >= 15 is 0 Å². The van der Waals surface area contributed by atoms with Gasteiger partial charge in [0.2, 0.25) is 0 Å². The molecule has 1 aromatic heterocycles. The highest BCUT2D eigenvalue weighted by Gasteiger charge is 2.43. The normalized spacial score (nSPS) is 20.8. The van der Waals surface area contributed by atoms with E-state index in [1.165, 1.54) is 12.8 Å². The number of aromatic nitrogens is 1. The molecule has 94 valence electrons. The van der Waals surface area contributed by atoms with Crippen molar-refractivity contribution < 1.29 is 5.11 Å². The van der Waals surface area contributed by atoms with Crippen molar-refractivity contribution in [3.63, 3.8) is 0 Å². The van der Waals surface area contributed by atoms with Gasteiger partial charge in [0.1, 0.15) is 0 Å². The molecule has 1 aliphatic carbocycles. The maximum Gasteiger partial charge on any atom is 0.0988 e. The molecule has 2 rings (SSSR count). The molecule has 1 unspecified atom stereocenters. The minimum absolute atomic E-state index is 0.102. The molecule has 0 radical (unpaired) electrons. The van der Waals surface area contributed by atoms with Gasteiger partial charge in [0, 0.05) is 18.0 Å². The molecule has 3 nitrogen and oxygen atoms in total. The van der Waals surface area contributed by atoms with E-state index in [-0.39, 0.29) is 5.54 Å². The topological polar surface area (TPSA) is 36.4 Å². The van der Waals surface area contributed by atoms with Crippen LogP contribution in [-0.4, -0.2) is 34.6 Å². The van der Waals surface area contributed by atoms with Crippen LogP contribution in [0.5, 0.6) is 0 Å². The number of likely N-dealkylation sites (N-methyl/N-ethyl adjacent to an activating group) is 1. The van der Waals surface area contributed by atoms with Gasteiger partial charge < -0.3 is 10.0 Å². The first-order chi connectivity index (χ1) is 8.06. The second-order valence-corrected chi connectivity index (χ2v) is 5.40. The van der Waals surface area contributed by atoms with E-state index in [4.69, 9.17) is 0 Å². The Morgan fingerprint density at radius 3 is 2.47 bits per heavy atom. The monoisotopic (exact) mass is 234 g/mol. The van der Waals surface area contributed by atoms with Crippen molar-refractivity contribution in [3.05, 3.63) is 29.6 Å². The lowest BCUT2D eigenvalue weighted by Crippen LogP contribution is -2.47. The van der Waals surface area contributed by atoms with Gasteiger partial charge in [-0.3, -0.25) is 4.98 Å². The quantitative estimate of drug-likeness (QED) is 0.871. The zero-order valence-electron chi connectivity index (χ0n) is 11.0. The molecule has 3 heteroatoms. The number of aliphatic hydroxyl groups is 1. The van der Waals surface area contributed by atoms with Crippen LogP contribution in [0.1, 0.15) is 42.9 Å². The second kappa shape index (κ2) is 4.75. The zero-order chi connectivity index (χ0) is 12.5. The molecule has 1 fully saturated rings. The van der Waals surface area contributed by atoms with Gasteiger partial charge in [0.25, 0.3) is 0 Å². The summed E-state index contributed by atoms with van der Waals surface area (Å²) in [6.07, 6.45) is 7.72. The smallest absolute Gasteiger partial charge is 0.0988 e. The third-order valence-corrected chi connectivity index (χ3v) is 4.08. The van der Waals surface area contributed by atoms with E-state index in [9.17, 15) is 5.11 Å². The van der Waals surface area contributed by atoms with Gasteiger partial charge in [0.15, 0.2) is 0 Å². The maximum atomic E-state index is 10.7. The van der Waals surface area contributed by atoms with E-state index in [1.807, 2.05) is 19.2 Å². The van der Waals surface area contributed by atoms with Crippen molar-refractivity contribution in [1.82, 2.24) is 9.88 Å². The molecule has 0 saturated heterocycles. The van der Waals surface area contributed by atoms with E-state index in [0.29, 0.717) is 0 Å². The van der Waals surface area contributed by atoms with Crippen molar-refractivity contribution in [2.45, 2.75) is 44.2 Å². The van der Waals surface area contributed by atoms with Crippen molar-refractivity contribution in [1.29, 1.82) is 0 Å². The molecule has 1 N–H and O–H groups in total. The summed E-state index contributed by atoms with van der Waals surface area (Å²) >= 11 is 0.